The third-order valence-electron chi connectivity index (χ3n) is 4.18. The number of carbonyl (C=O) groups is 1. The van der Waals surface area contributed by atoms with Crippen LogP contribution in [0, 0.1) is 6.92 Å². The molecule has 1 unspecified atom stereocenters. The summed E-state index contributed by atoms with van der Waals surface area (Å²) in [5.74, 6) is 0.201. The number of esters is 1. The first kappa shape index (κ1) is 23.5. The third-order valence-corrected chi connectivity index (χ3v) is 6.32. The molecule has 0 aliphatic carbocycles. The fourth-order valence-electron chi connectivity index (χ4n) is 2.46. The summed E-state index contributed by atoms with van der Waals surface area (Å²) in [5, 5.41) is 2.70. The number of nitrogens with one attached hydrogen (secondary N) is 1. The molecule has 2 aromatic carbocycles. The first-order valence-corrected chi connectivity index (χ1v) is 11.9. The van der Waals surface area contributed by atoms with Crippen molar-refractivity contribution in [3.63, 3.8) is 0 Å². The number of halogens is 1. The van der Waals surface area contributed by atoms with Crippen molar-refractivity contribution in [3.8, 4) is 11.5 Å². The van der Waals surface area contributed by atoms with Gasteiger partial charge in [-0.05, 0) is 63.1 Å². The van der Waals surface area contributed by atoms with E-state index in [-0.39, 0.29) is 6.10 Å². The minimum Gasteiger partial charge on any atom is -0.461 e. The van der Waals surface area contributed by atoms with Gasteiger partial charge < -0.3 is 13.8 Å². The molecule has 158 valence electrons. The summed E-state index contributed by atoms with van der Waals surface area (Å²) in [5.41, 5.74) is 1.04. The largest absolute Gasteiger partial charge is 0.513 e. The van der Waals surface area contributed by atoms with Crippen LogP contribution < -0.4 is 14.1 Å². The first-order valence-electron chi connectivity index (χ1n) is 9.54. The molecule has 6 nitrogen and oxygen atoms in total. The van der Waals surface area contributed by atoms with E-state index in [0.717, 1.165) is 10.0 Å². The molecular weight excluding hydrogens is 457 g/mol. The van der Waals surface area contributed by atoms with Gasteiger partial charge in [0.05, 0.1) is 0 Å². The fraction of sp³-hybridized carbons (Fsp3) is 0.381. The van der Waals surface area contributed by atoms with Gasteiger partial charge in [-0.2, -0.15) is 5.09 Å². The van der Waals surface area contributed by atoms with Gasteiger partial charge in [0, 0.05) is 4.47 Å². The minimum atomic E-state index is -3.93. The highest BCUT2D eigenvalue weighted by Gasteiger charge is 2.34. The standard InChI is InChI=1S/C21H27BrNO5P/c1-5-18(6-2)26-21(24)16(4)23-29(25,27-19-11-7-15(3)8-12-19)28-20-13-9-17(22)10-14-20/h7-14,16,18H,5-6H2,1-4H3,(H,23,25)/t16-,29?/m0/s1. The summed E-state index contributed by atoms with van der Waals surface area (Å²) in [6, 6.07) is 13.0. The normalized spacial score (nSPS) is 14.1. The van der Waals surface area contributed by atoms with Gasteiger partial charge >= 0.3 is 13.7 Å². The molecule has 0 bridgehead atoms. The second kappa shape index (κ2) is 10.8. The van der Waals surface area contributed by atoms with Crippen LogP contribution in [-0.4, -0.2) is 18.1 Å². The Morgan fingerprint density at radius 1 is 1.00 bits per heavy atom. The Labute approximate surface area is 180 Å². The maximum absolute atomic E-state index is 13.5. The van der Waals surface area contributed by atoms with Crippen molar-refractivity contribution in [1.29, 1.82) is 0 Å². The van der Waals surface area contributed by atoms with Gasteiger partial charge in [-0.1, -0.05) is 47.5 Å². The zero-order valence-electron chi connectivity index (χ0n) is 17.1. The summed E-state index contributed by atoms with van der Waals surface area (Å²) < 4.78 is 31.1. The number of hydrogen-bond donors (Lipinski definition) is 1. The highest BCUT2D eigenvalue weighted by molar-refractivity contribution is 9.10. The lowest BCUT2D eigenvalue weighted by atomic mass is 10.2. The molecule has 0 aromatic heterocycles. The lowest BCUT2D eigenvalue weighted by Crippen LogP contribution is -2.37. The van der Waals surface area contributed by atoms with E-state index in [4.69, 9.17) is 13.8 Å². The number of hydrogen-bond acceptors (Lipinski definition) is 5. The van der Waals surface area contributed by atoms with Gasteiger partial charge in [-0.3, -0.25) is 4.79 Å². The maximum atomic E-state index is 13.5. The SMILES string of the molecule is CCC(CC)OC(=O)[C@H](C)NP(=O)(Oc1ccc(C)cc1)Oc1ccc(Br)cc1. The van der Waals surface area contributed by atoms with E-state index in [9.17, 15) is 9.36 Å². The van der Waals surface area contributed by atoms with Gasteiger partial charge in [0.1, 0.15) is 23.6 Å². The summed E-state index contributed by atoms with van der Waals surface area (Å²) in [6.07, 6.45) is 1.24. The van der Waals surface area contributed by atoms with E-state index in [1.807, 2.05) is 32.9 Å². The highest BCUT2D eigenvalue weighted by atomic mass is 79.9. The zero-order valence-corrected chi connectivity index (χ0v) is 19.5. The average molecular weight is 484 g/mol. The third kappa shape index (κ3) is 7.50. The van der Waals surface area contributed by atoms with E-state index in [2.05, 4.69) is 21.0 Å². The van der Waals surface area contributed by atoms with Crippen LogP contribution in [0.3, 0.4) is 0 Å². The van der Waals surface area contributed by atoms with Crippen molar-refractivity contribution >= 4 is 29.6 Å². The number of carbonyl (C=O) groups excluding carboxylic acids is 1. The van der Waals surface area contributed by atoms with Gasteiger partial charge in [-0.25, -0.2) is 4.57 Å². The summed E-state index contributed by atoms with van der Waals surface area (Å²) in [4.78, 5) is 12.4. The molecule has 2 aromatic rings. The molecule has 0 aliphatic rings. The number of benzene rings is 2. The van der Waals surface area contributed by atoms with Gasteiger partial charge in [0.25, 0.3) is 0 Å². The predicted octanol–water partition coefficient (Wildman–Crippen LogP) is 6.03. The molecule has 2 rings (SSSR count). The Morgan fingerprint density at radius 2 is 1.48 bits per heavy atom. The molecule has 0 saturated heterocycles. The van der Waals surface area contributed by atoms with Crippen molar-refractivity contribution in [3.05, 3.63) is 58.6 Å². The Balaban J connectivity index is 2.20. The Bertz CT molecular complexity index is 786. The molecule has 2 atom stereocenters. The van der Waals surface area contributed by atoms with Crippen molar-refractivity contribution in [2.45, 2.75) is 52.7 Å². The molecule has 8 heteroatoms. The second-order valence-electron chi connectivity index (χ2n) is 6.67. The summed E-state index contributed by atoms with van der Waals surface area (Å²) in [7, 11) is -3.93. The molecule has 0 aliphatic heterocycles. The zero-order chi connectivity index (χ0) is 21.4. The molecule has 29 heavy (non-hydrogen) atoms. The topological polar surface area (TPSA) is 73.9 Å². The first-order chi connectivity index (χ1) is 13.7. The van der Waals surface area contributed by atoms with Crippen LogP contribution in [0.25, 0.3) is 0 Å². The number of aryl methyl sites for hydroxylation is 1. The van der Waals surface area contributed by atoms with E-state index >= 15 is 0 Å². The van der Waals surface area contributed by atoms with Gasteiger partial charge in [0.2, 0.25) is 0 Å². The predicted molar refractivity (Wildman–Crippen MR) is 117 cm³/mol. The molecule has 0 fully saturated rings. The Kier molecular flexibility index (Phi) is 8.75. The summed E-state index contributed by atoms with van der Waals surface area (Å²) in [6.45, 7) is 7.40. The lowest BCUT2D eigenvalue weighted by molar-refractivity contribution is -0.151. The smallest absolute Gasteiger partial charge is 0.461 e. The molecule has 0 spiro atoms. The monoisotopic (exact) mass is 483 g/mol. The molecule has 0 heterocycles. The van der Waals surface area contributed by atoms with Gasteiger partial charge in [0.15, 0.2) is 0 Å². The van der Waals surface area contributed by atoms with Crippen LogP contribution >= 0.6 is 23.7 Å². The molecule has 0 radical (unpaired) electrons. The van der Waals surface area contributed by atoms with Crippen molar-refractivity contribution < 1.29 is 23.1 Å². The van der Waals surface area contributed by atoms with Crippen LogP contribution in [0.1, 0.15) is 39.2 Å². The van der Waals surface area contributed by atoms with E-state index < -0.39 is 19.8 Å². The molecule has 1 N–H and O–H groups in total. The van der Waals surface area contributed by atoms with Crippen LogP contribution in [0.4, 0.5) is 0 Å². The van der Waals surface area contributed by atoms with E-state index in [1.54, 1.807) is 43.3 Å². The van der Waals surface area contributed by atoms with Crippen LogP contribution in [0.2, 0.25) is 0 Å². The summed E-state index contributed by atoms with van der Waals surface area (Å²) >= 11 is 3.35. The maximum Gasteiger partial charge on any atom is 0.513 e. The van der Waals surface area contributed by atoms with Crippen molar-refractivity contribution in [2.75, 3.05) is 0 Å². The fourth-order valence-corrected chi connectivity index (χ4v) is 4.24. The van der Waals surface area contributed by atoms with Crippen molar-refractivity contribution in [1.82, 2.24) is 5.09 Å². The minimum absolute atomic E-state index is 0.184. The number of ether oxygens (including phenoxy) is 1. The lowest BCUT2D eigenvalue weighted by Gasteiger charge is -2.24. The van der Waals surface area contributed by atoms with Crippen LogP contribution in [-0.2, 0) is 14.1 Å². The second-order valence-corrected chi connectivity index (χ2v) is 9.21. The molecule has 0 saturated carbocycles. The van der Waals surface area contributed by atoms with Crippen LogP contribution in [0.5, 0.6) is 11.5 Å². The molecule has 0 amide bonds. The average Bonchev–Trinajstić information content (AvgIpc) is 2.69. The Hall–Kier alpha value is -1.82. The van der Waals surface area contributed by atoms with Crippen LogP contribution in [0.15, 0.2) is 53.0 Å². The van der Waals surface area contributed by atoms with E-state index in [1.165, 1.54) is 0 Å². The Morgan fingerprint density at radius 3 is 1.97 bits per heavy atom. The number of rotatable bonds is 10. The van der Waals surface area contributed by atoms with Gasteiger partial charge in [-0.15, -0.1) is 0 Å². The quantitative estimate of drug-likeness (QED) is 0.328. The van der Waals surface area contributed by atoms with E-state index in [0.29, 0.717) is 24.3 Å². The van der Waals surface area contributed by atoms with Crippen molar-refractivity contribution in [2.24, 2.45) is 0 Å². The molecular formula is C21H27BrNO5P. The highest BCUT2D eigenvalue weighted by Crippen LogP contribution is 2.45.